The highest BCUT2D eigenvalue weighted by molar-refractivity contribution is 7.14. The summed E-state index contributed by atoms with van der Waals surface area (Å²) in [6.45, 7) is 1.47. The third kappa shape index (κ3) is 4.72. The number of benzene rings is 2. The van der Waals surface area contributed by atoms with Gasteiger partial charge in [-0.1, -0.05) is 48.0 Å². The Labute approximate surface area is 192 Å². The maximum atomic E-state index is 12.3. The summed E-state index contributed by atoms with van der Waals surface area (Å²) in [6.07, 6.45) is 1.68. The molecule has 0 aliphatic heterocycles. The molecule has 152 valence electrons. The number of thiazole rings is 2. The predicted octanol–water partition coefficient (Wildman–Crippen LogP) is 6.67. The number of aromatic nitrogens is 2. The minimum atomic E-state index is -0.180. The quantitative estimate of drug-likeness (QED) is 0.310. The van der Waals surface area contributed by atoms with Crippen LogP contribution >= 0.6 is 34.3 Å². The number of rotatable bonds is 5. The lowest BCUT2D eigenvalue weighted by atomic mass is 10.2. The summed E-state index contributed by atoms with van der Waals surface area (Å²) in [4.78, 5) is 22.9. The van der Waals surface area contributed by atoms with Crippen molar-refractivity contribution in [3.8, 4) is 17.3 Å². The van der Waals surface area contributed by atoms with Crippen molar-refractivity contribution in [3.63, 3.8) is 0 Å². The first-order valence-electron chi connectivity index (χ1n) is 9.20. The van der Waals surface area contributed by atoms with Crippen LogP contribution in [0.5, 0.6) is 0 Å². The zero-order valence-electron chi connectivity index (χ0n) is 16.3. The molecule has 0 atom stereocenters. The Morgan fingerprint density at radius 3 is 2.61 bits per heavy atom. The van der Waals surface area contributed by atoms with Gasteiger partial charge in [0.25, 0.3) is 0 Å². The largest absolute Gasteiger partial charge is 0.274 e. The number of hydrogen-bond acceptors (Lipinski definition) is 6. The number of amides is 1. The van der Waals surface area contributed by atoms with E-state index >= 15 is 0 Å². The van der Waals surface area contributed by atoms with Crippen molar-refractivity contribution in [3.05, 3.63) is 81.1 Å². The van der Waals surface area contributed by atoms with E-state index in [0.717, 1.165) is 11.3 Å². The van der Waals surface area contributed by atoms with E-state index < -0.39 is 0 Å². The number of anilines is 2. The number of nitrogens with zero attached hydrogens (tertiary/aromatic N) is 4. The molecular formula is C23H15ClN4OS2. The molecule has 0 saturated carbocycles. The summed E-state index contributed by atoms with van der Waals surface area (Å²) < 4.78 is 0. The van der Waals surface area contributed by atoms with Gasteiger partial charge in [0.15, 0.2) is 5.13 Å². The van der Waals surface area contributed by atoms with Crippen molar-refractivity contribution < 1.29 is 4.79 Å². The second-order valence-corrected chi connectivity index (χ2v) is 8.59. The van der Waals surface area contributed by atoms with Crippen LogP contribution in [0, 0.1) is 11.3 Å². The molecule has 31 heavy (non-hydrogen) atoms. The van der Waals surface area contributed by atoms with E-state index in [9.17, 15) is 10.1 Å². The molecule has 0 bridgehead atoms. The van der Waals surface area contributed by atoms with Gasteiger partial charge >= 0.3 is 0 Å². The Morgan fingerprint density at radius 1 is 1.10 bits per heavy atom. The van der Waals surface area contributed by atoms with Gasteiger partial charge in [0, 0.05) is 28.3 Å². The van der Waals surface area contributed by atoms with Crippen LogP contribution in [-0.2, 0) is 4.79 Å². The summed E-state index contributed by atoms with van der Waals surface area (Å²) >= 11 is 8.81. The zero-order valence-corrected chi connectivity index (χ0v) is 18.7. The van der Waals surface area contributed by atoms with E-state index in [1.54, 1.807) is 35.7 Å². The normalized spacial score (nSPS) is 11.2. The number of nitriles is 1. The summed E-state index contributed by atoms with van der Waals surface area (Å²) in [6, 6.07) is 19.1. The molecule has 0 aliphatic rings. The molecule has 0 N–H and O–H groups in total. The second-order valence-electron chi connectivity index (χ2n) is 6.46. The van der Waals surface area contributed by atoms with Gasteiger partial charge in [-0.25, -0.2) is 9.97 Å². The van der Waals surface area contributed by atoms with Gasteiger partial charge in [-0.3, -0.25) is 9.69 Å². The summed E-state index contributed by atoms with van der Waals surface area (Å²) in [5, 5.41) is 15.1. The van der Waals surface area contributed by atoms with Gasteiger partial charge in [0.05, 0.1) is 22.6 Å². The minimum absolute atomic E-state index is 0.180. The Morgan fingerprint density at radius 2 is 1.90 bits per heavy atom. The lowest BCUT2D eigenvalue weighted by Gasteiger charge is -2.18. The van der Waals surface area contributed by atoms with Crippen molar-refractivity contribution >= 4 is 62.6 Å². The fourth-order valence-electron chi connectivity index (χ4n) is 2.92. The third-order valence-corrected chi connectivity index (χ3v) is 6.25. The highest BCUT2D eigenvalue weighted by atomic mass is 35.5. The van der Waals surface area contributed by atoms with Crippen LogP contribution in [0.1, 0.15) is 17.6 Å². The number of carbonyl (C=O) groups excluding carboxylic acids is 1. The molecule has 0 radical (unpaired) electrons. The highest BCUT2D eigenvalue weighted by Crippen LogP contribution is 2.32. The maximum absolute atomic E-state index is 12.3. The molecule has 0 unspecified atom stereocenters. The minimum Gasteiger partial charge on any atom is -0.274 e. The first kappa shape index (κ1) is 20.9. The van der Waals surface area contributed by atoms with Crippen molar-refractivity contribution in [2.45, 2.75) is 6.92 Å². The maximum Gasteiger partial charge on any atom is 0.230 e. The molecule has 0 fully saturated rings. The molecule has 1 amide bonds. The molecule has 4 aromatic rings. The van der Waals surface area contributed by atoms with Gasteiger partial charge < -0.3 is 0 Å². The third-order valence-electron chi connectivity index (χ3n) is 4.30. The van der Waals surface area contributed by atoms with Crippen LogP contribution in [0.2, 0.25) is 5.02 Å². The molecule has 0 saturated heterocycles. The fraction of sp³-hybridized carbons (Fsp3) is 0.0435. The van der Waals surface area contributed by atoms with E-state index in [1.165, 1.54) is 34.5 Å². The van der Waals surface area contributed by atoms with E-state index in [4.69, 9.17) is 11.6 Å². The van der Waals surface area contributed by atoms with E-state index in [-0.39, 0.29) is 5.91 Å². The molecule has 0 spiro atoms. The lowest BCUT2D eigenvalue weighted by Crippen LogP contribution is -2.22. The first-order chi connectivity index (χ1) is 15.0. The number of hydrogen-bond donors (Lipinski definition) is 0. The SMILES string of the molecule is CC(=O)N(c1cccc(Cl)c1)c1nc(/C=C(/C#N)c2nc(-c3ccccc3)cs2)cs1. The van der Waals surface area contributed by atoms with Crippen LogP contribution in [0.25, 0.3) is 22.9 Å². The average Bonchev–Trinajstić information content (AvgIpc) is 3.43. The highest BCUT2D eigenvalue weighted by Gasteiger charge is 2.18. The average molecular weight is 463 g/mol. The monoisotopic (exact) mass is 462 g/mol. The lowest BCUT2D eigenvalue weighted by molar-refractivity contribution is -0.115. The fourth-order valence-corrected chi connectivity index (χ4v) is 4.74. The summed E-state index contributed by atoms with van der Waals surface area (Å²) in [5.74, 6) is -0.180. The van der Waals surface area contributed by atoms with Gasteiger partial charge in [-0.2, -0.15) is 5.26 Å². The zero-order chi connectivity index (χ0) is 21.8. The molecule has 4 rings (SSSR count). The number of carbonyl (C=O) groups is 1. The molecular weight excluding hydrogens is 448 g/mol. The molecule has 0 aliphatic carbocycles. The van der Waals surface area contributed by atoms with Crippen LogP contribution in [0.3, 0.4) is 0 Å². The van der Waals surface area contributed by atoms with Gasteiger partial charge in [-0.05, 0) is 24.3 Å². The van der Waals surface area contributed by atoms with Crippen LogP contribution in [0.15, 0.2) is 65.4 Å². The molecule has 2 aromatic carbocycles. The van der Waals surface area contributed by atoms with Crippen molar-refractivity contribution in [1.29, 1.82) is 5.26 Å². The number of halogens is 1. The van der Waals surface area contributed by atoms with Crippen LogP contribution in [-0.4, -0.2) is 15.9 Å². The van der Waals surface area contributed by atoms with Crippen molar-refractivity contribution in [2.24, 2.45) is 0 Å². The topological polar surface area (TPSA) is 69.9 Å². The van der Waals surface area contributed by atoms with Crippen LogP contribution < -0.4 is 4.90 Å². The van der Waals surface area contributed by atoms with Gasteiger partial charge in [-0.15, -0.1) is 22.7 Å². The standard InChI is InChI=1S/C23H15ClN4OS2/c1-15(29)28(20-9-5-8-18(24)11-20)23-26-19(13-31-23)10-17(12-25)22-27-21(14-30-22)16-6-3-2-4-7-16/h2-11,13-14H,1H3/b17-10-. The van der Waals surface area contributed by atoms with E-state index in [2.05, 4.69) is 16.0 Å². The smallest absolute Gasteiger partial charge is 0.230 e. The molecule has 8 heteroatoms. The molecule has 5 nitrogen and oxygen atoms in total. The predicted molar refractivity (Wildman–Crippen MR) is 127 cm³/mol. The van der Waals surface area contributed by atoms with Crippen LogP contribution in [0.4, 0.5) is 10.8 Å². The van der Waals surface area contributed by atoms with Gasteiger partial charge in [0.2, 0.25) is 5.91 Å². The number of allylic oxidation sites excluding steroid dienone is 1. The molecule has 2 heterocycles. The first-order valence-corrected chi connectivity index (χ1v) is 11.3. The summed E-state index contributed by atoms with van der Waals surface area (Å²) in [7, 11) is 0. The van der Waals surface area contributed by atoms with E-state index in [1.807, 2.05) is 35.7 Å². The van der Waals surface area contributed by atoms with Crippen molar-refractivity contribution in [1.82, 2.24) is 9.97 Å². The Hall–Kier alpha value is -3.31. The Bertz CT molecular complexity index is 1300. The Kier molecular flexibility index (Phi) is 6.23. The summed E-state index contributed by atoms with van der Waals surface area (Å²) in [5.41, 5.74) is 3.46. The Balaban J connectivity index is 1.64. The second kappa shape index (κ2) is 9.23. The van der Waals surface area contributed by atoms with Crippen molar-refractivity contribution in [2.75, 3.05) is 4.90 Å². The molecule has 2 aromatic heterocycles. The van der Waals surface area contributed by atoms with E-state index in [0.29, 0.717) is 32.1 Å². The van der Waals surface area contributed by atoms with Gasteiger partial charge in [0.1, 0.15) is 11.1 Å².